The van der Waals surface area contributed by atoms with E-state index in [1.165, 1.54) is 19.2 Å². The molecule has 0 atom stereocenters. The number of anilines is 1. The second-order valence-electron chi connectivity index (χ2n) is 6.27. The monoisotopic (exact) mass is 406 g/mol. The van der Waals surface area contributed by atoms with E-state index in [4.69, 9.17) is 9.47 Å². The van der Waals surface area contributed by atoms with E-state index in [1.807, 2.05) is 42.5 Å². The van der Waals surface area contributed by atoms with Gasteiger partial charge in [-0.25, -0.2) is 4.98 Å². The Morgan fingerprint density at radius 1 is 1.00 bits per heavy atom. The fourth-order valence-electron chi connectivity index (χ4n) is 2.92. The van der Waals surface area contributed by atoms with Crippen molar-refractivity contribution in [2.45, 2.75) is 0 Å². The molecule has 7 heteroatoms. The summed E-state index contributed by atoms with van der Waals surface area (Å²) in [5, 5.41) is 13.4. The molecular formula is C22H18N2O4S. The first-order valence-electron chi connectivity index (χ1n) is 8.81. The number of rotatable bonds is 5. The molecule has 0 spiro atoms. The Labute approximate surface area is 171 Å². The largest absolute Gasteiger partial charge is 0.508 e. The summed E-state index contributed by atoms with van der Waals surface area (Å²) in [4.78, 5) is 17.2. The van der Waals surface area contributed by atoms with Crippen LogP contribution in [0.15, 0.2) is 60.7 Å². The van der Waals surface area contributed by atoms with Crippen LogP contribution >= 0.6 is 11.3 Å². The fraction of sp³-hybridized carbons (Fsp3) is 0.0909. The minimum Gasteiger partial charge on any atom is -0.508 e. The van der Waals surface area contributed by atoms with E-state index in [0.29, 0.717) is 11.4 Å². The lowest BCUT2D eigenvalue weighted by Gasteiger charge is -2.10. The number of phenolic OH excluding ortho intramolecular Hbond substituents is 1. The molecule has 0 saturated carbocycles. The van der Waals surface area contributed by atoms with Gasteiger partial charge in [-0.15, -0.1) is 11.3 Å². The van der Waals surface area contributed by atoms with Crippen molar-refractivity contribution in [3.8, 4) is 27.8 Å². The SMILES string of the molecule is COc1ccc2nc(-c3ccc(NC(=O)c4cc(O)ccc4OC)cc3)sc2c1. The van der Waals surface area contributed by atoms with E-state index in [1.54, 1.807) is 24.5 Å². The first-order valence-corrected chi connectivity index (χ1v) is 9.62. The topological polar surface area (TPSA) is 80.7 Å². The molecule has 3 aromatic carbocycles. The van der Waals surface area contributed by atoms with Gasteiger partial charge in [0.2, 0.25) is 0 Å². The summed E-state index contributed by atoms with van der Waals surface area (Å²) in [6.07, 6.45) is 0. The van der Waals surface area contributed by atoms with E-state index in [-0.39, 0.29) is 17.2 Å². The number of methoxy groups -OCH3 is 2. The lowest BCUT2D eigenvalue weighted by Crippen LogP contribution is -2.13. The molecule has 2 N–H and O–H groups in total. The Morgan fingerprint density at radius 3 is 2.52 bits per heavy atom. The van der Waals surface area contributed by atoms with E-state index in [2.05, 4.69) is 10.3 Å². The number of amides is 1. The molecule has 0 unspecified atom stereocenters. The number of fused-ring (bicyclic) bond motifs is 1. The highest BCUT2D eigenvalue weighted by Gasteiger charge is 2.14. The number of nitrogens with zero attached hydrogens (tertiary/aromatic N) is 1. The third-order valence-electron chi connectivity index (χ3n) is 4.41. The van der Waals surface area contributed by atoms with Crippen molar-refractivity contribution in [1.29, 1.82) is 0 Å². The summed E-state index contributed by atoms with van der Waals surface area (Å²) in [5.41, 5.74) is 2.76. The summed E-state index contributed by atoms with van der Waals surface area (Å²) in [5.74, 6) is 0.825. The zero-order valence-corrected chi connectivity index (χ0v) is 16.6. The standard InChI is InChI=1S/C22H18N2O4S/c1-27-16-8-9-18-20(12-16)29-22(24-18)13-3-5-14(6-4-13)23-21(26)17-11-15(25)7-10-19(17)28-2/h3-12,25H,1-2H3,(H,23,26). The maximum Gasteiger partial charge on any atom is 0.259 e. The number of hydrogen-bond donors (Lipinski definition) is 2. The minimum absolute atomic E-state index is 0.00114. The number of aromatic hydroxyl groups is 1. The Balaban J connectivity index is 1.55. The van der Waals surface area contributed by atoms with Crippen LogP contribution in [-0.4, -0.2) is 30.2 Å². The van der Waals surface area contributed by atoms with Crippen molar-refractivity contribution >= 4 is 33.1 Å². The molecule has 1 heterocycles. The first kappa shape index (κ1) is 18.8. The predicted molar refractivity (Wildman–Crippen MR) is 114 cm³/mol. The molecular weight excluding hydrogens is 388 g/mol. The highest BCUT2D eigenvalue weighted by molar-refractivity contribution is 7.21. The first-order chi connectivity index (χ1) is 14.1. The second kappa shape index (κ2) is 7.81. The molecule has 4 aromatic rings. The number of benzene rings is 3. The van der Waals surface area contributed by atoms with Gasteiger partial charge in [0.05, 0.1) is 30.0 Å². The van der Waals surface area contributed by atoms with Crippen molar-refractivity contribution in [2.24, 2.45) is 0 Å². The molecule has 146 valence electrons. The van der Waals surface area contributed by atoms with Gasteiger partial charge >= 0.3 is 0 Å². The smallest absolute Gasteiger partial charge is 0.259 e. The van der Waals surface area contributed by atoms with Crippen molar-refractivity contribution in [3.63, 3.8) is 0 Å². The maximum atomic E-state index is 12.6. The molecule has 0 radical (unpaired) electrons. The van der Waals surface area contributed by atoms with E-state index in [0.717, 1.165) is 26.5 Å². The number of carbonyl (C=O) groups is 1. The quantitative estimate of drug-likeness (QED) is 0.491. The zero-order valence-electron chi connectivity index (χ0n) is 15.8. The van der Waals surface area contributed by atoms with E-state index in [9.17, 15) is 9.90 Å². The second-order valence-corrected chi connectivity index (χ2v) is 7.30. The Hall–Kier alpha value is -3.58. The van der Waals surface area contributed by atoms with Gasteiger partial charge in [0, 0.05) is 11.3 Å². The van der Waals surface area contributed by atoms with Crippen LogP contribution < -0.4 is 14.8 Å². The molecule has 1 aromatic heterocycles. The highest BCUT2D eigenvalue weighted by atomic mass is 32.1. The van der Waals surface area contributed by atoms with Crippen molar-refractivity contribution in [2.75, 3.05) is 19.5 Å². The van der Waals surface area contributed by atoms with Gasteiger partial charge in [0.15, 0.2) is 0 Å². The van der Waals surface area contributed by atoms with Gasteiger partial charge < -0.3 is 19.9 Å². The van der Waals surface area contributed by atoms with Crippen LogP contribution in [0.25, 0.3) is 20.8 Å². The van der Waals surface area contributed by atoms with Gasteiger partial charge in [0.25, 0.3) is 5.91 Å². The van der Waals surface area contributed by atoms with Crippen molar-refractivity contribution < 1.29 is 19.4 Å². The lowest BCUT2D eigenvalue weighted by molar-refractivity contribution is 0.102. The molecule has 0 saturated heterocycles. The minimum atomic E-state index is -0.363. The number of nitrogens with one attached hydrogen (secondary N) is 1. The van der Waals surface area contributed by atoms with Crippen molar-refractivity contribution in [1.82, 2.24) is 4.98 Å². The molecule has 6 nitrogen and oxygen atoms in total. The molecule has 0 aliphatic carbocycles. The molecule has 4 rings (SSSR count). The molecule has 0 aliphatic heterocycles. The summed E-state index contributed by atoms with van der Waals surface area (Å²) < 4.78 is 11.5. The lowest BCUT2D eigenvalue weighted by atomic mass is 10.1. The number of carbonyl (C=O) groups excluding carboxylic acids is 1. The molecule has 29 heavy (non-hydrogen) atoms. The summed E-state index contributed by atoms with van der Waals surface area (Å²) in [7, 11) is 3.12. The molecule has 0 fully saturated rings. The van der Waals surface area contributed by atoms with E-state index < -0.39 is 0 Å². The normalized spacial score (nSPS) is 10.7. The average molecular weight is 406 g/mol. The van der Waals surface area contributed by atoms with Crippen molar-refractivity contribution in [3.05, 3.63) is 66.2 Å². The van der Waals surface area contributed by atoms with Gasteiger partial charge in [0.1, 0.15) is 22.3 Å². The summed E-state index contributed by atoms with van der Waals surface area (Å²) in [6.45, 7) is 0. The molecule has 1 amide bonds. The van der Waals surface area contributed by atoms with Crippen LogP contribution in [-0.2, 0) is 0 Å². The average Bonchev–Trinajstić information content (AvgIpc) is 3.17. The Morgan fingerprint density at radius 2 is 1.79 bits per heavy atom. The van der Waals surface area contributed by atoms with E-state index >= 15 is 0 Å². The zero-order chi connectivity index (χ0) is 20.4. The maximum absolute atomic E-state index is 12.6. The fourth-order valence-corrected chi connectivity index (χ4v) is 3.92. The van der Waals surface area contributed by atoms with Gasteiger partial charge in [-0.05, 0) is 60.7 Å². The number of thiazole rings is 1. The van der Waals surface area contributed by atoms with Crippen LogP contribution in [0.4, 0.5) is 5.69 Å². The van der Waals surface area contributed by atoms with Gasteiger partial charge in [-0.1, -0.05) is 0 Å². The van der Waals surface area contributed by atoms with Crippen LogP contribution in [0.2, 0.25) is 0 Å². The molecule has 0 bridgehead atoms. The number of ether oxygens (including phenoxy) is 2. The number of aromatic nitrogens is 1. The van der Waals surface area contributed by atoms with Gasteiger partial charge in [-0.3, -0.25) is 4.79 Å². The van der Waals surface area contributed by atoms with Gasteiger partial charge in [-0.2, -0.15) is 0 Å². The third-order valence-corrected chi connectivity index (χ3v) is 5.48. The number of phenols is 1. The van der Waals surface area contributed by atoms with Crippen LogP contribution in [0.3, 0.4) is 0 Å². The predicted octanol–water partition coefficient (Wildman–Crippen LogP) is 4.94. The molecule has 0 aliphatic rings. The Bertz CT molecular complexity index is 1190. The van der Waals surface area contributed by atoms with Crippen LogP contribution in [0.5, 0.6) is 17.2 Å². The Kier molecular flexibility index (Phi) is 5.05. The summed E-state index contributed by atoms with van der Waals surface area (Å²) >= 11 is 1.58. The third kappa shape index (κ3) is 3.86. The summed E-state index contributed by atoms with van der Waals surface area (Å²) in [6, 6.07) is 17.6. The highest BCUT2D eigenvalue weighted by Crippen LogP contribution is 2.33. The number of hydrogen-bond acceptors (Lipinski definition) is 6. The van der Waals surface area contributed by atoms with Crippen LogP contribution in [0.1, 0.15) is 10.4 Å². The van der Waals surface area contributed by atoms with Crippen LogP contribution in [0, 0.1) is 0 Å².